The van der Waals surface area contributed by atoms with Gasteiger partial charge in [0.15, 0.2) is 5.78 Å². The molecule has 1 aliphatic carbocycles. The van der Waals surface area contributed by atoms with Crippen LogP contribution in [-0.4, -0.2) is 31.6 Å². The Bertz CT molecular complexity index is 885. The molecule has 1 heterocycles. The van der Waals surface area contributed by atoms with E-state index in [0.29, 0.717) is 30.8 Å². The molecule has 0 aromatic heterocycles. The van der Waals surface area contributed by atoms with Gasteiger partial charge < -0.3 is 14.8 Å². The fraction of sp³-hybridized carbons (Fsp3) is 0.478. The van der Waals surface area contributed by atoms with Crippen LogP contribution in [0.3, 0.4) is 0 Å². The molecule has 156 valence electrons. The molecule has 0 amide bonds. The highest BCUT2D eigenvalue weighted by atomic mass is 79.9. The summed E-state index contributed by atoms with van der Waals surface area (Å²) in [6, 6.07) is 7.78. The monoisotopic (exact) mass is 461 g/mol. The Hall–Kier alpha value is -1.92. The van der Waals surface area contributed by atoms with E-state index in [-0.39, 0.29) is 17.8 Å². The average Bonchev–Trinajstić information content (AvgIpc) is 2.63. The molecule has 1 atom stereocenters. The van der Waals surface area contributed by atoms with Crippen LogP contribution < -0.4 is 5.32 Å². The van der Waals surface area contributed by atoms with Crippen molar-refractivity contribution < 1.29 is 19.1 Å². The molecule has 2 aliphatic rings. The number of esters is 1. The lowest BCUT2D eigenvalue weighted by Gasteiger charge is -2.39. The molecule has 0 spiro atoms. The van der Waals surface area contributed by atoms with Crippen molar-refractivity contribution in [1.29, 1.82) is 0 Å². The molecule has 0 radical (unpaired) electrons. The molecule has 1 aromatic carbocycles. The number of carbonyl (C=O) groups is 2. The summed E-state index contributed by atoms with van der Waals surface area (Å²) >= 11 is 3.52. The minimum atomic E-state index is -0.438. The number of ketones is 1. The number of Topliss-reactive ketones (excluding diaryl/α,β-unsaturated/α-hetero) is 1. The molecule has 0 fully saturated rings. The Labute approximate surface area is 180 Å². The Morgan fingerprint density at radius 3 is 2.72 bits per heavy atom. The van der Waals surface area contributed by atoms with Gasteiger partial charge in [-0.15, -0.1) is 0 Å². The number of ether oxygens (including phenoxy) is 2. The first-order valence-corrected chi connectivity index (χ1v) is 10.8. The number of hydrogen-bond acceptors (Lipinski definition) is 5. The largest absolute Gasteiger partial charge is 0.460 e. The van der Waals surface area contributed by atoms with E-state index < -0.39 is 11.9 Å². The third-order valence-corrected chi connectivity index (χ3v) is 5.80. The lowest BCUT2D eigenvalue weighted by Crippen LogP contribution is -2.38. The second kappa shape index (κ2) is 8.84. The van der Waals surface area contributed by atoms with Gasteiger partial charge in [-0.05, 0) is 43.4 Å². The molecule has 1 aromatic rings. The Morgan fingerprint density at radius 1 is 1.28 bits per heavy atom. The third-order valence-electron chi connectivity index (χ3n) is 5.31. The van der Waals surface area contributed by atoms with Gasteiger partial charge in [0.2, 0.25) is 0 Å². The zero-order valence-corrected chi connectivity index (χ0v) is 19.0. The highest BCUT2D eigenvalue weighted by Crippen LogP contribution is 2.47. The SMILES string of the molecule is CCOCCOC(=O)C1=C(C)NC2=C(C(=O)CC(C)(C)C2)C1c1cccc(Br)c1. The van der Waals surface area contributed by atoms with Crippen molar-refractivity contribution in [1.82, 2.24) is 5.32 Å². The predicted molar refractivity (Wildman–Crippen MR) is 115 cm³/mol. The minimum Gasteiger partial charge on any atom is -0.460 e. The highest BCUT2D eigenvalue weighted by molar-refractivity contribution is 9.10. The van der Waals surface area contributed by atoms with Crippen LogP contribution in [-0.2, 0) is 19.1 Å². The molecule has 0 saturated carbocycles. The summed E-state index contributed by atoms with van der Waals surface area (Å²) in [5, 5.41) is 3.35. The van der Waals surface area contributed by atoms with Crippen LogP contribution in [0.5, 0.6) is 0 Å². The highest BCUT2D eigenvalue weighted by Gasteiger charge is 2.43. The lowest BCUT2D eigenvalue weighted by molar-refractivity contribution is -0.140. The van der Waals surface area contributed by atoms with Gasteiger partial charge in [-0.2, -0.15) is 0 Å². The van der Waals surface area contributed by atoms with Crippen LogP contribution in [0, 0.1) is 5.41 Å². The normalized spacial score (nSPS) is 21.0. The second-order valence-electron chi connectivity index (χ2n) is 8.32. The molecular weight excluding hydrogens is 434 g/mol. The van der Waals surface area contributed by atoms with Crippen molar-refractivity contribution in [2.24, 2.45) is 5.41 Å². The van der Waals surface area contributed by atoms with Gasteiger partial charge >= 0.3 is 5.97 Å². The van der Waals surface area contributed by atoms with E-state index >= 15 is 0 Å². The molecule has 3 rings (SSSR count). The van der Waals surface area contributed by atoms with E-state index in [4.69, 9.17) is 9.47 Å². The average molecular weight is 462 g/mol. The van der Waals surface area contributed by atoms with Crippen molar-refractivity contribution in [3.63, 3.8) is 0 Å². The second-order valence-corrected chi connectivity index (χ2v) is 9.23. The zero-order chi connectivity index (χ0) is 21.2. The number of halogens is 1. The number of hydrogen-bond donors (Lipinski definition) is 1. The van der Waals surface area contributed by atoms with Crippen molar-refractivity contribution in [3.8, 4) is 0 Å². The van der Waals surface area contributed by atoms with Crippen molar-refractivity contribution in [2.45, 2.75) is 46.5 Å². The Balaban J connectivity index is 2.03. The zero-order valence-electron chi connectivity index (χ0n) is 17.4. The summed E-state index contributed by atoms with van der Waals surface area (Å²) in [5.74, 6) is -0.767. The molecule has 1 N–H and O–H groups in total. The summed E-state index contributed by atoms with van der Waals surface area (Å²) in [4.78, 5) is 26.2. The van der Waals surface area contributed by atoms with E-state index in [1.54, 1.807) is 0 Å². The molecule has 0 saturated heterocycles. The summed E-state index contributed by atoms with van der Waals surface area (Å²) in [6.45, 7) is 9.07. The van der Waals surface area contributed by atoms with Crippen LogP contribution in [0.15, 0.2) is 51.3 Å². The van der Waals surface area contributed by atoms with Crippen molar-refractivity contribution in [3.05, 3.63) is 56.8 Å². The van der Waals surface area contributed by atoms with Gasteiger partial charge in [0, 0.05) is 40.4 Å². The van der Waals surface area contributed by atoms with Gasteiger partial charge in [-0.25, -0.2) is 4.79 Å². The number of dihydropyridines is 1. The van der Waals surface area contributed by atoms with Gasteiger partial charge in [0.1, 0.15) is 6.61 Å². The molecule has 1 unspecified atom stereocenters. The first kappa shape index (κ1) is 21.8. The quantitative estimate of drug-likeness (QED) is 0.493. The first-order chi connectivity index (χ1) is 13.7. The fourth-order valence-electron chi connectivity index (χ4n) is 4.14. The fourth-order valence-corrected chi connectivity index (χ4v) is 4.56. The third kappa shape index (κ3) is 4.81. The number of rotatable bonds is 6. The van der Waals surface area contributed by atoms with E-state index in [1.165, 1.54) is 0 Å². The van der Waals surface area contributed by atoms with Gasteiger partial charge in [0.25, 0.3) is 0 Å². The predicted octanol–water partition coefficient (Wildman–Crippen LogP) is 4.63. The van der Waals surface area contributed by atoms with Crippen LogP contribution in [0.25, 0.3) is 0 Å². The molecule has 1 aliphatic heterocycles. The van der Waals surface area contributed by atoms with Crippen LogP contribution in [0.1, 0.15) is 52.0 Å². The maximum Gasteiger partial charge on any atom is 0.336 e. The minimum absolute atomic E-state index is 0.0841. The van der Waals surface area contributed by atoms with E-state index in [0.717, 1.165) is 27.9 Å². The lowest BCUT2D eigenvalue weighted by atomic mass is 9.68. The Morgan fingerprint density at radius 2 is 2.03 bits per heavy atom. The number of allylic oxidation sites excluding steroid dienone is 3. The summed E-state index contributed by atoms with van der Waals surface area (Å²) in [7, 11) is 0. The van der Waals surface area contributed by atoms with Gasteiger partial charge in [0.05, 0.1) is 12.2 Å². The maximum absolute atomic E-state index is 13.2. The van der Waals surface area contributed by atoms with Crippen molar-refractivity contribution >= 4 is 27.7 Å². The van der Waals surface area contributed by atoms with E-state index in [1.807, 2.05) is 38.1 Å². The smallest absolute Gasteiger partial charge is 0.336 e. The standard InChI is InChI=1S/C23H28BrNO4/c1-5-28-9-10-29-22(27)19-14(2)25-17-12-23(3,4)13-18(26)21(17)20(19)15-7-6-8-16(24)11-15/h6-8,11,20,25H,5,9-10,12-13H2,1-4H3. The molecule has 29 heavy (non-hydrogen) atoms. The molecule has 5 nitrogen and oxygen atoms in total. The summed E-state index contributed by atoms with van der Waals surface area (Å²) in [5.41, 5.74) is 3.62. The summed E-state index contributed by atoms with van der Waals surface area (Å²) in [6.07, 6.45) is 1.23. The van der Waals surface area contributed by atoms with Crippen LogP contribution >= 0.6 is 15.9 Å². The Kier molecular flexibility index (Phi) is 6.64. The molecule has 0 bridgehead atoms. The van der Waals surface area contributed by atoms with Crippen LogP contribution in [0.4, 0.5) is 0 Å². The van der Waals surface area contributed by atoms with Gasteiger partial charge in [-0.3, -0.25) is 4.79 Å². The molecular formula is C23H28BrNO4. The molecule has 6 heteroatoms. The number of nitrogens with one attached hydrogen (secondary N) is 1. The number of carbonyl (C=O) groups excluding carboxylic acids is 2. The van der Waals surface area contributed by atoms with E-state index in [9.17, 15) is 9.59 Å². The summed E-state index contributed by atoms with van der Waals surface area (Å²) < 4.78 is 11.7. The van der Waals surface area contributed by atoms with Crippen molar-refractivity contribution in [2.75, 3.05) is 19.8 Å². The van der Waals surface area contributed by atoms with E-state index in [2.05, 4.69) is 35.1 Å². The maximum atomic E-state index is 13.2. The topological polar surface area (TPSA) is 64.6 Å². The van der Waals surface area contributed by atoms with Gasteiger partial charge in [-0.1, -0.05) is 41.9 Å². The number of benzene rings is 1. The van der Waals surface area contributed by atoms with Crippen LogP contribution in [0.2, 0.25) is 0 Å². The first-order valence-electron chi connectivity index (χ1n) is 9.98.